The van der Waals surface area contributed by atoms with Crippen molar-refractivity contribution in [2.24, 2.45) is 11.3 Å². The Morgan fingerprint density at radius 1 is 1.24 bits per heavy atom. The van der Waals surface area contributed by atoms with Gasteiger partial charge in [0, 0.05) is 19.6 Å². The first kappa shape index (κ1) is 16.8. The number of carbonyl (C=O) groups excluding carboxylic acids is 1. The Hall–Kier alpha value is -0.610. The minimum absolute atomic E-state index is 0.0611. The topological polar surface area (TPSA) is 35.6 Å². The zero-order chi connectivity index (χ0) is 15.3. The summed E-state index contributed by atoms with van der Waals surface area (Å²) in [6.45, 7) is 7.31. The molecule has 0 atom stereocenters. The SMILES string of the molecule is CCCC1(C(=O)N2CCC(CN(C)C)CC2)CCNCC1. The Morgan fingerprint density at radius 3 is 2.38 bits per heavy atom. The Labute approximate surface area is 130 Å². The summed E-state index contributed by atoms with van der Waals surface area (Å²) in [5.74, 6) is 1.22. The van der Waals surface area contributed by atoms with Crippen molar-refractivity contribution in [2.75, 3.05) is 46.8 Å². The maximum Gasteiger partial charge on any atom is 0.228 e. The van der Waals surface area contributed by atoms with Gasteiger partial charge in [-0.05, 0) is 65.2 Å². The van der Waals surface area contributed by atoms with Gasteiger partial charge >= 0.3 is 0 Å². The van der Waals surface area contributed by atoms with Crippen LogP contribution in [0.25, 0.3) is 0 Å². The van der Waals surface area contributed by atoms with E-state index in [0.717, 1.165) is 64.3 Å². The van der Waals surface area contributed by atoms with E-state index in [9.17, 15) is 4.79 Å². The van der Waals surface area contributed by atoms with Crippen molar-refractivity contribution < 1.29 is 4.79 Å². The fourth-order valence-corrected chi connectivity index (χ4v) is 4.13. The Morgan fingerprint density at radius 2 is 1.86 bits per heavy atom. The molecule has 1 amide bonds. The molecule has 4 heteroatoms. The fourth-order valence-electron chi connectivity index (χ4n) is 4.13. The van der Waals surface area contributed by atoms with E-state index in [0.29, 0.717) is 5.91 Å². The number of hydrogen-bond acceptors (Lipinski definition) is 3. The molecule has 1 N–H and O–H groups in total. The van der Waals surface area contributed by atoms with Gasteiger partial charge in [0.25, 0.3) is 0 Å². The highest BCUT2D eigenvalue weighted by Crippen LogP contribution is 2.37. The summed E-state index contributed by atoms with van der Waals surface area (Å²) in [4.78, 5) is 17.5. The second kappa shape index (κ2) is 7.59. The van der Waals surface area contributed by atoms with Crippen LogP contribution in [0.1, 0.15) is 45.4 Å². The molecule has 2 rings (SSSR count). The summed E-state index contributed by atoms with van der Waals surface area (Å²) < 4.78 is 0. The summed E-state index contributed by atoms with van der Waals surface area (Å²) in [5.41, 5.74) is -0.0611. The minimum Gasteiger partial charge on any atom is -0.342 e. The number of likely N-dealkylation sites (tertiary alicyclic amines) is 1. The van der Waals surface area contributed by atoms with Gasteiger partial charge in [-0.15, -0.1) is 0 Å². The molecule has 2 heterocycles. The molecular weight excluding hydrogens is 262 g/mol. The number of hydrogen-bond donors (Lipinski definition) is 1. The number of nitrogens with one attached hydrogen (secondary N) is 1. The first-order valence-corrected chi connectivity index (χ1v) is 8.72. The average Bonchev–Trinajstić information content (AvgIpc) is 2.48. The third-order valence-corrected chi connectivity index (χ3v) is 5.27. The summed E-state index contributed by atoms with van der Waals surface area (Å²) in [7, 11) is 4.28. The molecule has 4 nitrogen and oxygen atoms in total. The lowest BCUT2D eigenvalue weighted by molar-refractivity contribution is -0.146. The second-order valence-corrected chi connectivity index (χ2v) is 7.28. The zero-order valence-electron chi connectivity index (χ0n) is 14.2. The van der Waals surface area contributed by atoms with Gasteiger partial charge in [-0.2, -0.15) is 0 Å². The van der Waals surface area contributed by atoms with Crippen LogP contribution in [0.5, 0.6) is 0 Å². The normalized spacial score (nSPS) is 23.5. The monoisotopic (exact) mass is 295 g/mol. The van der Waals surface area contributed by atoms with Crippen molar-refractivity contribution in [3.05, 3.63) is 0 Å². The molecule has 0 spiro atoms. The number of amides is 1. The Bertz CT molecular complexity index is 323. The van der Waals surface area contributed by atoms with Crippen LogP contribution in [0, 0.1) is 11.3 Å². The molecule has 2 saturated heterocycles. The van der Waals surface area contributed by atoms with Gasteiger partial charge < -0.3 is 15.1 Å². The molecule has 0 saturated carbocycles. The lowest BCUT2D eigenvalue weighted by Crippen LogP contribution is -2.51. The molecule has 2 aliphatic rings. The number of carbonyl (C=O) groups is 1. The molecule has 0 aromatic heterocycles. The molecular formula is C17H33N3O. The number of nitrogens with zero attached hydrogens (tertiary/aromatic N) is 2. The first-order valence-electron chi connectivity index (χ1n) is 8.72. The van der Waals surface area contributed by atoms with Gasteiger partial charge in [0.15, 0.2) is 0 Å². The van der Waals surface area contributed by atoms with Crippen LogP contribution in [0.15, 0.2) is 0 Å². The maximum atomic E-state index is 13.1. The van der Waals surface area contributed by atoms with Crippen LogP contribution in [0.3, 0.4) is 0 Å². The van der Waals surface area contributed by atoms with Crippen molar-refractivity contribution in [1.29, 1.82) is 0 Å². The predicted octanol–water partition coefficient (Wildman–Crippen LogP) is 1.96. The van der Waals surface area contributed by atoms with Gasteiger partial charge in [0.1, 0.15) is 0 Å². The highest BCUT2D eigenvalue weighted by atomic mass is 16.2. The fraction of sp³-hybridized carbons (Fsp3) is 0.941. The van der Waals surface area contributed by atoms with Crippen LogP contribution >= 0.6 is 0 Å². The van der Waals surface area contributed by atoms with Gasteiger partial charge in [0.05, 0.1) is 5.41 Å². The second-order valence-electron chi connectivity index (χ2n) is 7.28. The van der Waals surface area contributed by atoms with E-state index in [4.69, 9.17) is 0 Å². The zero-order valence-corrected chi connectivity index (χ0v) is 14.2. The first-order chi connectivity index (χ1) is 10.1. The largest absolute Gasteiger partial charge is 0.342 e. The van der Waals surface area contributed by atoms with Crippen LogP contribution in [-0.4, -0.2) is 62.5 Å². The van der Waals surface area contributed by atoms with E-state index >= 15 is 0 Å². The van der Waals surface area contributed by atoms with E-state index in [2.05, 4.69) is 36.1 Å². The quantitative estimate of drug-likeness (QED) is 0.842. The lowest BCUT2D eigenvalue weighted by atomic mass is 9.73. The maximum absolute atomic E-state index is 13.1. The Kier molecular flexibility index (Phi) is 6.06. The molecule has 0 radical (unpaired) electrons. The van der Waals surface area contributed by atoms with Crippen molar-refractivity contribution in [2.45, 2.75) is 45.4 Å². The van der Waals surface area contributed by atoms with Gasteiger partial charge in [-0.3, -0.25) is 4.79 Å². The van der Waals surface area contributed by atoms with Crippen LogP contribution < -0.4 is 5.32 Å². The Balaban J connectivity index is 1.93. The third kappa shape index (κ3) is 4.19. The van der Waals surface area contributed by atoms with E-state index < -0.39 is 0 Å². The summed E-state index contributed by atoms with van der Waals surface area (Å²) >= 11 is 0. The molecule has 0 bridgehead atoms. The predicted molar refractivity (Wildman–Crippen MR) is 87.3 cm³/mol. The van der Waals surface area contributed by atoms with Crippen molar-refractivity contribution in [3.63, 3.8) is 0 Å². The summed E-state index contributed by atoms with van der Waals surface area (Å²) in [6.07, 6.45) is 6.57. The van der Waals surface area contributed by atoms with Gasteiger partial charge in [0.2, 0.25) is 5.91 Å². The summed E-state index contributed by atoms with van der Waals surface area (Å²) in [5, 5.41) is 3.41. The highest BCUT2D eigenvalue weighted by molar-refractivity contribution is 5.83. The standard InChI is InChI=1S/C17H33N3O/c1-4-7-17(8-10-18-11-9-17)16(21)20-12-5-15(6-13-20)14-19(2)3/h15,18H,4-14H2,1-3H3. The van der Waals surface area contributed by atoms with Gasteiger partial charge in [-0.1, -0.05) is 13.3 Å². The number of piperidine rings is 2. The smallest absolute Gasteiger partial charge is 0.228 e. The van der Waals surface area contributed by atoms with Crippen molar-refractivity contribution in [3.8, 4) is 0 Å². The van der Waals surface area contributed by atoms with Crippen LogP contribution in [0.4, 0.5) is 0 Å². The third-order valence-electron chi connectivity index (χ3n) is 5.27. The highest BCUT2D eigenvalue weighted by Gasteiger charge is 2.41. The molecule has 0 aliphatic carbocycles. The van der Waals surface area contributed by atoms with Crippen LogP contribution in [-0.2, 0) is 4.79 Å². The van der Waals surface area contributed by atoms with Crippen molar-refractivity contribution >= 4 is 5.91 Å². The molecule has 122 valence electrons. The molecule has 0 aromatic rings. The molecule has 21 heavy (non-hydrogen) atoms. The summed E-state index contributed by atoms with van der Waals surface area (Å²) in [6, 6.07) is 0. The molecule has 0 aromatic carbocycles. The molecule has 0 unspecified atom stereocenters. The number of rotatable bonds is 5. The molecule has 2 fully saturated rings. The minimum atomic E-state index is -0.0611. The lowest BCUT2D eigenvalue weighted by Gasteiger charge is -2.42. The van der Waals surface area contributed by atoms with E-state index in [1.165, 1.54) is 12.8 Å². The molecule has 2 aliphatic heterocycles. The average molecular weight is 295 g/mol. The van der Waals surface area contributed by atoms with E-state index in [1.807, 2.05) is 0 Å². The van der Waals surface area contributed by atoms with Crippen molar-refractivity contribution in [1.82, 2.24) is 15.1 Å². The van der Waals surface area contributed by atoms with E-state index in [1.54, 1.807) is 0 Å². The van der Waals surface area contributed by atoms with Gasteiger partial charge in [-0.25, -0.2) is 0 Å². The van der Waals surface area contributed by atoms with Crippen LogP contribution in [0.2, 0.25) is 0 Å². The van der Waals surface area contributed by atoms with E-state index in [-0.39, 0.29) is 5.41 Å².